The first kappa shape index (κ1) is 14.4. The van der Waals surface area contributed by atoms with Crippen molar-refractivity contribution in [3.8, 4) is 0 Å². The van der Waals surface area contributed by atoms with E-state index in [9.17, 15) is 13.2 Å². The lowest BCUT2D eigenvalue weighted by atomic mass is 10.0. The van der Waals surface area contributed by atoms with E-state index in [0.717, 1.165) is 17.3 Å². The highest BCUT2D eigenvalue weighted by Gasteiger charge is 2.39. The van der Waals surface area contributed by atoms with Crippen LogP contribution < -0.4 is 5.73 Å². The second-order valence-electron chi connectivity index (χ2n) is 4.11. The van der Waals surface area contributed by atoms with Gasteiger partial charge in [-0.3, -0.25) is 0 Å². The van der Waals surface area contributed by atoms with Crippen LogP contribution in [0.2, 0.25) is 0 Å². The Bertz CT molecular complexity index is 346. The third kappa shape index (κ3) is 4.24. The molecule has 0 aliphatic rings. The normalized spacial score (nSPS) is 14.1. The fraction of sp³-hybridized carbons (Fsp3) is 0.500. The average Bonchev–Trinajstić information content (AvgIpc) is 2.24. The maximum Gasteiger partial charge on any atom is 0.402 e. The fourth-order valence-corrected chi connectivity index (χ4v) is 2.20. The summed E-state index contributed by atoms with van der Waals surface area (Å²) in [6.07, 6.45) is -4.25. The standard InChI is InChI=1S/C12H16F3NS/c1-8(2)9-3-5-10(6-4-9)17-11(7-16)12(13,14)15/h3-6,8,11H,7,16H2,1-2H3. The molecule has 1 aromatic carbocycles. The Morgan fingerprint density at radius 2 is 1.71 bits per heavy atom. The minimum absolute atomic E-state index is 0.377. The number of hydrogen-bond donors (Lipinski definition) is 1. The van der Waals surface area contributed by atoms with E-state index < -0.39 is 18.0 Å². The summed E-state index contributed by atoms with van der Waals surface area (Å²) in [5.74, 6) is 0.377. The molecule has 1 unspecified atom stereocenters. The van der Waals surface area contributed by atoms with Gasteiger partial charge in [0.25, 0.3) is 0 Å². The zero-order valence-electron chi connectivity index (χ0n) is 9.79. The van der Waals surface area contributed by atoms with Gasteiger partial charge in [-0.05, 0) is 23.6 Å². The van der Waals surface area contributed by atoms with Gasteiger partial charge in [0.1, 0.15) is 5.25 Å². The van der Waals surface area contributed by atoms with Crippen molar-refractivity contribution in [3.05, 3.63) is 29.8 Å². The Balaban J connectivity index is 2.74. The monoisotopic (exact) mass is 263 g/mol. The summed E-state index contributed by atoms with van der Waals surface area (Å²) >= 11 is 0.766. The van der Waals surface area contributed by atoms with E-state index in [1.165, 1.54) is 0 Å². The highest BCUT2D eigenvalue weighted by Crippen LogP contribution is 2.34. The van der Waals surface area contributed by atoms with Crippen molar-refractivity contribution < 1.29 is 13.2 Å². The first-order chi connectivity index (χ1) is 7.84. The van der Waals surface area contributed by atoms with Crippen molar-refractivity contribution in [1.29, 1.82) is 0 Å². The van der Waals surface area contributed by atoms with Crippen LogP contribution in [0.3, 0.4) is 0 Å². The van der Waals surface area contributed by atoms with Crippen molar-refractivity contribution in [1.82, 2.24) is 0 Å². The maximum absolute atomic E-state index is 12.5. The lowest BCUT2D eigenvalue weighted by Gasteiger charge is -2.18. The van der Waals surface area contributed by atoms with Gasteiger partial charge >= 0.3 is 6.18 Å². The van der Waals surface area contributed by atoms with Crippen LogP contribution in [-0.4, -0.2) is 18.0 Å². The van der Waals surface area contributed by atoms with E-state index >= 15 is 0 Å². The largest absolute Gasteiger partial charge is 0.402 e. The Labute approximate surface area is 104 Å². The molecule has 2 N–H and O–H groups in total. The van der Waals surface area contributed by atoms with Gasteiger partial charge in [-0.2, -0.15) is 13.2 Å². The number of alkyl halides is 3. The first-order valence-corrected chi connectivity index (χ1v) is 6.26. The lowest BCUT2D eigenvalue weighted by Crippen LogP contribution is -2.32. The zero-order chi connectivity index (χ0) is 13.1. The molecule has 0 bridgehead atoms. The summed E-state index contributed by atoms with van der Waals surface area (Å²) in [7, 11) is 0. The van der Waals surface area contributed by atoms with E-state index in [4.69, 9.17) is 5.73 Å². The second-order valence-corrected chi connectivity index (χ2v) is 5.38. The minimum Gasteiger partial charge on any atom is -0.329 e. The second kappa shape index (κ2) is 5.78. The highest BCUT2D eigenvalue weighted by molar-refractivity contribution is 8.00. The third-order valence-corrected chi connectivity index (χ3v) is 3.69. The molecular formula is C12H16F3NS. The first-order valence-electron chi connectivity index (χ1n) is 5.38. The molecule has 0 amide bonds. The van der Waals surface area contributed by atoms with Crippen molar-refractivity contribution in [2.45, 2.75) is 36.1 Å². The summed E-state index contributed by atoms with van der Waals surface area (Å²) in [5, 5.41) is -1.53. The van der Waals surface area contributed by atoms with Gasteiger partial charge in [0.15, 0.2) is 0 Å². The molecule has 0 heterocycles. The number of nitrogens with two attached hydrogens (primary N) is 1. The molecule has 0 aliphatic carbocycles. The van der Waals surface area contributed by atoms with E-state index in [-0.39, 0.29) is 0 Å². The van der Waals surface area contributed by atoms with E-state index in [2.05, 4.69) is 0 Å². The Morgan fingerprint density at radius 1 is 1.18 bits per heavy atom. The number of halogens is 3. The molecule has 0 radical (unpaired) electrons. The van der Waals surface area contributed by atoms with Crippen LogP contribution in [-0.2, 0) is 0 Å². The number of thioether (sulfide) groups is 1. The fourth-order valence-electron chi connectivity index (χ4n) is 1.34. The molecular weight excluding hydrogens is 247 g/mol. The Morgan fingerprint density at radius 3 is 2.06 bits per heavy atom. The summed E-state index contributed by atoms with van der Waals surface area (Å²) < 4.78 is 37.5. The summed E-state index contributed by atoms with van der Waals surface area (Å²) in [5.41, 5.74) is 6.26. The van der Waals surface area contributed by atoms with Crippen molar-refractivity contribution >= 4 is 11.8 Å². The molecule has 0 aliphatic heterocycles. The van der Waals surface area contributed by atoms with Gasteiger partial charge in [-0.1, -0.05) is 26.0 Å². The third-order valence-electron chi connectivity index (χ3n) is 2.40. The van der Waals surface area contributed by atoms with Crippen LogP contribution in [0.15, 0.2) is 29.2 Å². The van der Waals surface area contributed by atoms with Gasteiger partial charge in [0.2, 0.25) is 0 Å². The smallest absolute Gasteiger partial charge is 0.329 e. The van der Waals surface area contributed by atoms with Crippen molar-refractivity contribution in [3.63, 3.8) is 0 Å². The van der Waals surface area contributed by atoms with E-state index in [0.29, 0.717) is 10.8 Å². The molecule has 0 saturated heterocycles. The molecule has 1 aromatic rings. The highest BCUT2D eigenvalue weighted by atomic mass is 32.2. The molecule has 96 valence electrons. The van der Waals surface area contributed by atoms with E-state index in [1.807, 2.05) is 26.0 Å². The number of hydrogen-bond acceptors (Lipinski definition) is 2. The van der Waals surface area contributed by atoms with Crippen LogP contribution in [0.5, 0.6) is 0 Å². The van der Waals surface area contributed by atoms with E-state index in [1.54, 1.807) is 12.1 Å². The van der Waals surface area contributed by atoms with Crippen LogP contribution >= 0.6 is 11.8 Å². The predicted octanol–water partition coefficient (Wildman–Crippen LogP) is 3.79. The zero-order valence-corrected chi connectivity index (χ0v) is 10.6. The molecule has 1 atom stereocenters. The van der Waals surface area contributed by atoms with Gasteiger partial charge < -0.3 is 5.73 Å². The van der Waals surface area contributed by atoms with Crippen molar-refractivity contribution in [2.24, 2.45) is 5.73 Å². The van der Waals surface area contributed by atoms with Crippen LogP contribution in [0.1, 0.15) is 25.3 Å². The van der Waals surface area contributed by atoms with Gasteiger partial charge in [0, 0.05) is 11.4 Å². The predicted molar refractivity (Wildman–Crippen MR) is 65.3 cm³/mol. The molecule has 17 heavy (non-hydrogen) atoms. The molecule has 1 nitrogen and oxygen atoms in total. The number of benzene rings is 1. The van der Waals surface area contributed by atoms with Gasteiger partial charge in [-0.25, -0.2) is 0 Å². The molecule has 0 spiro atoms. The minimum atomic E-state index is -4.25. The Hall–Kier alpha value is -0.680. The quantitative estimate of drug-likeness (QED) is 0.836. The van der Waals surface area contributed by atoms with Gasteiger partial charge in [0.05, 0.1) is 0 Å². The molecule has 1 rings (SSSR count). The Kier molecular flexibility index (Phi) is 4.89. The van der Waals surface area contributed by atoms with Crippen LogP contribution in [0.25, 0.3) is 0 Å². The lowest BCUT2D eigenvalue weighted by molar-refractivity contribution is -0.126. The van der Waals surface area contributed by atoms with Crippen molar-refractivity contribution in [2.75, 3.05) is 6.54 Å². The molecule has 0 aromatic heterocycles. The summed E-state index contributed by atoms with van der Waals surface area (Å²) in [4.78, 5) is 0.599. The van der Waals surface area contributed by atoms with Crippen LogP contribution in [0, 0.1) is 0 Å². The average molecular weight is 263 g/mol. The summed E-state index contributed by atoms with van der Waals surface area (Å²) in [6.45, 7) is 3.68. The number of rotatable bonds is 4. The van der Waals surface area contributed by atoms with Gasteiger partial charge in [-0.15, -0.1) is 11.8 Å². The SMILES string of the molecule is CC(C)c1ccc(SC(CN)C(F)(F)F)cc1. The topological polar surface area (TPSA) is 26.0 Å². The summed E-state index contributed by atoms with van der Waals surface area (Å²) in [6, 6.07) is 7.15. The van der Waals surface area contributed by atoms with Crippen LogP contribution in [0.4, 0.5) is 13.2 Å². The maximum atomic E-state index is 12.5. The molecule has 5 heteroatoms. The molecule has 0 saturated carbocycles. The molecule has 0 fully saturated rings.